The van der Waals surface area contributed by atoms with Gasteiger partial charge in [-0.3, -0.25) is 9.59 Å². The number of benzene rings is 2. The molecule has 2 aromatic carbocycles. The molecule has 1 heterocycles. The lowest BCUT2D eigenvalue weighted by Crippen LogP contribution is -2.48. The van der Waals surface area contributed by atoms with E-state index in [-0.39, 0.29) is 17.2 Å². The summed E-state index contributed by atoms with van der Waals surface area (Å²) in [5, 5.41) is 11.4. The molecule has 2 aromatic rings. The molecule has 1 amide bonds. The molecule has 0 spiro atoms. The van der Waals surface area contributed by atoms with Crippen LogP contribution in [0.3, 0.4) is 0 Å². The minimum atomic E-state index is -3.87. The van der Waals surface area contributed by atoms with E-state index in [0.29, 0.717) is 24.9 Å². The second-order valence-electron chi connectivity index (χ2n) is 7.54. The van der Waals surface area contributed by atoms with Crippen LogP contribution >= 0.6 is 11.8 Å². The van der Waals surface area contributed by atoms with Crippen LogP contribution in [-0.2, 0) is 24.3 Å². The molecule has 0 aromatic heterocycles. The Bertz CT molecular complexity index is 1140. The Kier molecular flexibility index (Phi) is 8.49. The van der Waals surface area contributed by atoms with Crippen LogP contribution in [0.1, 0.15) is 24.8 Å². The van der Waals surface area contributed by atoms with Crippen LogP contribution in [0.25, 0.3) is 0 Å². The van der Waals surface area contributed by atoms with Crippen molar-refractivity contribution in [3.8, 4) is 6.07 Å². The van der Waals surface area contributed by atoms with Crippen LogP contribution in [0.2, 0.25) is 0 Å². The van der Waals surface area contributed by atoms with E-state index in [1.165, 1.54) is 28.2 Å². The van der Waals surface area contributed by atoms with E-state index in [0.717, 1.165) is 10.5 Å². The normalized spacial score (nSPS) is 16.5. The highest BCUT2D eigenvalue weighted by Crippen LogP contribution is 2.28. The fourth-order valence-electron chi connectivity index (χ4n) is 3.50. The molecule has 1 N–H and O–H groups in total. The van der Waals surface area contributed by atoms with E-state index in [9.17, 15) is 18.0 Å². The highest BCUT2D eigenvalue weighted by molar-refractivity contribution is 7.99. The molecule has 1 aliphatic heterocycles. The molecule has 3 rings (SSSR count). The fourth-order valence-corrected chi connectivity index (χ4v) is 5.82. The van der Waals surface area contributed by atoms with Crippen molar-refractivity contribution in [3.05, 3.63) is 54.1 Å². The molecule has 0 bridgehead atoms. The highest BCUT2D eigenvalue weighted by Gasteiger charge is 2.38. The van der Waals surface area contributed by atoms with Gasteiger partial charge in [-0.15, -0.1) is 11.8 Å². The summed E-state index contributed by atoms with van der Waals surface area (Å²) >= 11 is 1.28. The van der Waals surface area contributed by atoms with Crippen LogP contribution in [0.15, 0.2) is 58.3 Å². The van der Waals surface area contributed by atoms with E-state index in [1.807, 2.05) is 13.0 Å². The van der Waals surface area contributed by atoms with E-state index in [4.69, 9.17) is 10.00 Å². The fraction of sp³-hybridized carbons (Fsp3) is 0.348. The van der Waals surface area contributed by atoms with Gasteiger partial charge in [-0.05, 0) is 50.5 Å². The van der Waals surface area contributed by atoms with Gasteiger partial charge in [-0.25, -0.2) is 8.42 Å². The quantitative estimate of drug-likeness (QED) is 0.448. The molecule has 1 unspecified atom stereocenters. The predicted molar refractivity (Wildman–Crippen MR) is 125 cm³/mol. The van der Waals surface area contributed by atoms with Gasteiger partial charge in [0, 0.05) is 11.4 Å². The topological polar surface area (TPSA) is 117 Å². The summed E-state index contributed by atoms with van der Waals surface area (Å²) in [5.74, 6) is -1.06. The molecular weight excluding hydrogens is 462 g/mol. The number of carbonyl (C=O) groups is 2. The Balaban J connectivity index is 1.65. The number of hydrogen-bond donors (Lipinski definition) is 1. The number of aryl methyl sites for hydroxylation is 1. The molecule has 1 atom stereocenters. The molecule has 174 valence electrons. The van der Waals surface area contributed by atoms with Crippen LogP contribution in [0.5, 0.6) is 0 Å². The molecule has 0 radical (unpaired) electrons. The first kappa shape index (κ1) is 24.8. The van der Waals surface area contributed by atoms with Gasteiger partial charge >= 0.3 is 5.97 Å². The van der Waals surface area contributed by atoms with Gasteiger partial charge in [-0.2, -0.15) is 9.57 Å². The van der Waals surface area contributed by atoms with Crippen molar-refractivity contribution in [3.63, 3.8) is 0 Å². The van der Waals surface area contributed by atoms with Crippen molar-refractivity contribution in [1.82, 2.24) is 4.31 Å². The summed E-state index contributed by atoms with van der Waals surface area (Å²) in [6.07, 6.45) is 1.67. The summed E-state index contributed by atoms with van der Waals surface area (Å²) in [7, 11) is -3.87. The number of esters is 1. The van der Waals surface area contributed by atoms with Crippen LogP contribution in [0.4, 0.5) is 5.69 Å². The predicted octanol–water partition coefficient (Wildman–Crippen LogP) is 3.34. The van der Waals surface area contributed by atoms with Crippen molar-refractivity contribution >= 4 is 39.3 Å². The minimum Gasteiger partial charge on any atom is -0.454 e. The SMILES string of the molecule is Cc1ccc(S(=O)(=O)N2CCCCC2C(=O)OCC(=O)Nc2ccccc2SCC#N)cc1. The van der Waals surface area contributed by atoms with Gasteiger partial charge in [0.15, 0.2) is 6.61 Å². The first-order valence-electron chi connectivity index (χ1n) is 10.5. The summed E-state index contributed by atoms with van der Waals surface area (Å²) in [6.45, 7) is 1.54. The molecule has 1 fully saturated rings. The number of amides is 1. The third-order valence-electron chi connectivity index (χ3n) is 5.15. The number of sulfonamides is 1. The van der Waals surface area contributed by atoms with Gasteiger partial charge in [0.2, 0.25) is 10.0 Å². The standard InChI is InChI=1S/C23H25N3O5S2/c1-17-9-11-18(12-10-17)33(29,30)26-14-5-4-7-20(26)23(28)31-16-22(27)25-19-6-2-3-8-21(19)32-15-13-24/h2-3,6,8-12,20H,4-5,7,14-16H2,1H3,(H,25,27). The third-order valence-corrected chi connectivity index (χ3v) is 8.02. The Morgan fingerprint density at radius 1 is 1.18 bits per heavy atom. The zero-order chi connectivity index (χ0) is 23.8. The third kappa shape index (κ3) is 6.35. The first-order chi connectivity index (χ1) is 15.8. The largest absolute Gasteiger partial charge is 0.454 e. The number of anilines is 1. The van der Waals surface area contributed by atoms with Gasteiger partial charge in [0.25, 0.3) is 5.91 Å². The number of hydrogen-bond acceptors (Lipinski definition) is 7. The molecule has 0 saturated carbocycles. The maximum Gasteiger partial charge on any atom is 0.324 e. The second-order valence-corrected chi connectivity index (χ2v) is 10.4. The van der Waals surface area contributed by atoms with Crippen molar-refractivity contribution < 1.29 is 22.7 Å². The second kappa shape index (κ2) is 11.3. The van der Waals surface area contributed by atoms with Crippen molar-refractivity contribution in [2.75, 3.05) is 24.2 Å². The highest BCUT2D eigenvalue weighted by atomic mass is 32.2. The van der Waals surface area contributed by atoms with Crippen molar-refractivity contribution in [2.45, 2.75) is 42.0 Å². The number of piperidine rings is 1. The van der Waals surface area contributed by atoms with Crippen molar-refractivity contribution in [2.24, 2.45) is 0 Å². The number of ether oxygens (including phenoxy) is 1. The Morgan fingerprint density at radius 2 is 1.91 bits per heavy atom. The number of nitriles is 1. The summed E-state index contributed by atoms with van der Waals surface area (Å²) in [5.41, 5.74) is 1.45. The van der Waals surface area contributed by atoms with Gasteiger partial charge in [0.1, 0.15) is 6.04 Å². The molecule has 10 heteroatoms. The first-order valence-corrected chi connectivity index (χ1v) is 12.9. The van der Waals surface area contributed by atoms with Crippen LogP contribution in [-0.4, -0.2) is 49.5 Å². The van der Waals surface area contributed by atoms with E-state index in [2.05, 4.69) is 5.32 Å². The maximum atomic E-state index is 13.1. The average Bonchev–Trinajstić information content (AvgIpc) is 2.82. The average molecular weight is 488 g/mol. The van der Waals surface area contributed by atoms with E-state index < -0.39 is 34.5 Å². The Hall–Kier alpha value is -2.87. The number of para-hydroxylation sites is 1. The smallest absolute Gasteiger partial charge is 0.324 e. The molecular formula is C23H25N3O5S2. The van der Waals surface area contributed by atoms with E-state index >= 15 is 0 Å². The number of rotatable bonds is 8. The molecule has 1 aliphatic rings. The summed E-state index contributed by atoms with van der Waals surface area (Å²) < 4.78 is 32.6. The zero-order valence-corrected chi connectivity index (χ0v) is 19.8. The zero-order valence-electron chi connectivity index (χ0n) is 18.2. The summed E-state index contributed by atoms with van der Waals surface area (Å²) in [6, 6.07) is 14.5. The lowest BCUT2D eigenvalue weighted by atomic mass is 10.1. The number of thioether (sulfide) groups is 1. The minimum absolute atomic E-state index is 0.122. The molecule has 8 nitrogen and oxygen atoms in total. The summed E-state index contributed by atoms with van der Waals surface area (Å²) in [4.78, 5) is 26.0. The Morgan fingerprint density at radius 3 is 2.64 bits per heavy atom. The Labute approximate surface area is 198 Å². The monoisotopic (exact) mass is 487 g/mol. The van der Waals surface area contributed by atoms with E-state index in [1.54, 1.807) is 36.4 Å². The lowest BCUT2D eigenvalue weighted by Gasteiger charge is -2.33. The van der Waals surface area contributed by atoms with Crippen LogP contribution in [0, 0.1) is 18.3 Å². The van der Waals surface area contributed by atoms with Crippen molar-refractivity contribution in [1.29, 1.82) is 5.26 Å². The molecule has 0 aliphatic carbocycles. The number of nitrogens with zero attached hydrogens (tertiary/aromatic N) is 2. The van der Waals surface area contributed by atoms with Gasteiger partial charge in [0.05, 0.1) is 22.4 Å². The van der Waals surface area contributed by atoms with Gasteiger partial charge in [-0.1, -0.05) is 29.8 Å². The number of carbonyl (C=O) groups excluding carboxylic acids is 2. The molecule has 1 saturated heterocycles. The molecule has 33 heavy (non-hydrogen) atoms. The maximum absolute atomic E-state index is 13.1. The lowest BCUT2D eigenvalue weighted by molar-refractivity contribution is -0.152. The van der Waals surface area contributed by atoms with Gasteiger partial charge < -0.3 is 10.1 Å². The van der Waals surface area contributed by atoms with Crippen LogP contribution < -0.4 is 5.32 Å². The number of nitrogens with one attached hydrogen (secondary N) is 1.